The van der Waals surface area contributed by atoms with Crippen molar-refractivity contribution in [3.63, 3.8) is 0 Å². The summed E-state index contributed by atoms with van der Waals surface area (Å²) in [4.78, 5) is 0. The minimum absolute atomic E-state index is 0.143. The zero-order valence-electron chi connectivity index (χ0n) is 9.96. The first-order valence-electron chi connectivity index (χ1n) is 6.01. The lowest BCUT2D eigenvalue weighted by molar-refractivity contribution is -0.136. The van der Waals surface area contributed by atoms with Gasteiger partial charge in [-0.25, -0.2) is 0 Å². The van der Waals surface area contributed by atoms with Crippen LogP contribution in [0.2, 0.25) is 0 Å². The van der Waals surface area contributed by atoms with E-state index in [1.165, 1.54) is 6.07 Å². The SMILES string of the molecule is Nc1c(CC2CCCOC2)cccc1C(F)(F)F. The number of para-hydroxylation sites is 1. The topological polar surface area (TPSA) is 35.2 Å². The second-order valence-corrected chi connectivity index (χ2v) is 4.66. The Morgan fingerprint density at radius 1 is 1.33 bits per heavy atom. The first-order valence-corrected chi connectivity index (χ1v) is 6.01. The van der Waals surface area contributed by atoms with Crippen molar-refractivity contribution >= 4 is 5.69 Å². The van der Waals surface area contributed by atoms with E-state index >= 15 is 0 Å². The summed E-state index contributed by atoms with van der Waals surface area (Å²) in [6.07, 6.45) is -1.89. The molecule has 0 aromatic heterocycles. The van der Waals surface area contributed by atoms with Crippen LogP contribution in [-0.2, 0) is 17.3 Å². The predicted octanol–water partition coefficient (Wildman–Crippen LogP) is 3.26. The summed E-state index contributed by atoms with van der Waals surface area (Å²) in [5.74, 6) is 0.268. The Balaban J connectivity index is 2.18. The van der Waals surface area contributed by atoms with Crippen LogP contribution in [0, 0.1) is 5.92 Å². The van der Waals surface area contributed by atoms with Gasteiger partial charge in [-0.15, -0.1) is 0 Å². The Kier molecular flexibility index (Phi) is 3.80. The number of nitrogen functional groups attached to an aromatic ring is 1. The molecule has 1 aromatic rings. The monoisotopic (exact) mass is 259 g/mol. The molecule has 0 saturated carbocycles. The molecule has 1 saturated heterocycles. The van der Waals surface area contributed by atoms with E-state index in [2.05, 4.69) is 0 Å². The Labute approximate surface area is 104 Å². The molecule has 18 heavy (non-hydrogen) atoms. The predicted molar refractivity (Wildman–Crippen MR) is 63.1 cm³/mol. The number of ether oxygens (including phenoxy) is 1. The molecule has 5 heteroatoms. The quantitative estimate of drug-likeness (QED) is 0.827. The Morgan fingerprint density at radius 3 is 2.72 bits per heavy atom. The van der Waals surface area contributed by atoms with E-state index in [4.69, 9.17) is 10.5 Å². The number of nitrogens with two attached hydrogens (primary N) is 1. The van der Waals surface area contributed by atoms with E-state index in [0.29, 0.717) is 18.6 Å². The first-order chi connectivity index (χ1) is 8.48. The maximum absolute atomic E-state index is 12.7. The molecule has 100 valence electrons. The summed E-state index contributed by atoms with van der Waals surface area (Å²) in [5, 5.41) is 0. The first kappa shape index (κ1) is 13.2. The summed E-state index contributed by atoms with van der Waals surface area (Å²) in [6.45, 7) is 1.35. The molecule has 0 radical (unpaired) electrons. The van der Waals surface area contributed by atoms with Gasteiger partial charge in [-0.1, -0.05) is 12.1 Å². The molecule has 0 spiro atoms. The van der Waals surface area contributed by atoms with Crippen LogP contribution in [0.5, 0.6) is 0 Å². The normalized spacial score (nSPS) is 20.9. The average molecular weight is 259 g/mol. The van der Waals surface area contributed by atoms with Crippen molar-refractivity contribution in [3.05, 3.63) is 29.3 Å². The summed E-state index contributed by atoms with van der Waals surface area (Å²) in [6, 6.07) is 4.10. The minimum atomic E-state index is -4.39. The Hall–Kier alpha value is -1.23. The van der Waals surface area contributed by atoms with E-state index in [-0.39, 0.29) is 11.6 Å². The summed E-state index contributed by atoms with van der Waals surface area (Å²) in [7, 11) is 0. The van der Waals surface area contributed by atoms with Crippen molar-refractivity contribution in [2.75, 3.05) is 18.9 Å². The van der Waals surface area contributed by atoms with Gasteiger partial charge in [0.25, 0.3) is 0 Å². The van der Waals surface area contributed by atoms with Gasteiger partial charge in [-0.05, 0) is 36.8 Å². The minimum Gasteiger partial charge on any atom is -0.398 e. The molecule has 2 N–H and O–H groups in total. The van der Waals surface area contributed by atoms with Crippen LogP contribution < -0.4 is 5.73 Å². The fourth-order valence-corrected chi connectivity index (χ4v) is 2.32. The lowest BCUT2D eigenvalue weighted by Crippen LogP contribution is -2.20. The smallest absolute Gasteiger partial charge is 0.398 e. The van der Waals surface area contributed by atoms with E-state index in [0.717, 1.165) is 25.5 Å². The molecule has 1 unspecified atom stereocenters. The molecule has 2 nitrogen and oxygen atoms in total. The number of rotatable bonds is 2. The van der Waals surface area contributed by atoms with Crippen molar-refractivity contribution < 1.29 is 17.9 Å². The second-order valence-electron chi connectivity index (χ2n) is 4.66. The lowest BCUT2D eigenvalue weighted by atomic mass is 9.92. The molecule has 1 fully saturated rings. The number of alkyl halides is 3. The van der Waals surface area contributed by atoms with Gasteiger partial charge in [0.05, 0.1) is 5.56 Å². The second kappa shape index (κ2) is 5.18. The van der Waals surface area contributed by atoms with Crippen molar-refractivity contribution in [1.29, 1.82) is 0 Å². The van der Waals surface area contributed by atoms with E-state index < -0.39 is 11.7 Å². The van der Waals surface area contributed by atoms with E-state index in [1.54, 1.807) is 6.07 Å². The maximum Gasteiger partial charge on any atom is 0.418 e. The van der Waals surface area contributed by atoms with Crippen LogP contribution in [0.1, 0.15) is 24.0 Å². The average Bonchev–Trinajstić information content (AvgIpc) is 2.32. The van der Waals surface area contributed by atoms with Crippen molar-refractivity contribution in [1.82, 2.24) is 0 Å². The van der Waals surface area contributed by atoms with Crippen LogP contribution in [0.3, 0.4) is 0 Å². The third-order valence-corrected chi connectivity index (χ3v) is 3.27. The molecular formula is C13H16F3NO. The molecule has 1 heterocycles. The third-order valence-electron chi connectivity index (χ3n) is 3.27. The van der Waals surface area contributed by atoms with Crippen molar-refractivity contribution in [3.8, 4) is 0 Å². The summed E-state index contributed by atoms with van der Waals surface area (Å²) in [5.41, 5.74) is 5.31. The molecule has 0 aliphatic carbocycles. The van der Waals surface area contributed by atoms with Gasteiger partial charge in [-0.2, -0.15) is 13.2 Å². The standard InChI is InChI=1S/C13H16F3NO/c14-13(15,16)11-5-1-4-10(12(11)17)7-9-3-2-6-18-8-9/h1,4-5,9H,2-3,6-8,17H2. The number of anilines is 1. The van der Waals surface area contributed by atoms with Crippen molar-refractivity contribution in [2.24, 2.45) is 5.92 Å². The molecule has 1 aromatic carbocycles. The highest BCUT2D eigenvalue weighted by Gasteiger charge is 2.33. The Bertz CT molecular complexity index is 411. The lowest BCUT2D eigenvalue weighted by Gasteiger charge is -2.23. The van der Waals surface area contributed by atoms with Gasteiger partial charge in [0, 0.05) is 18.9 Å². The molecule has 1 atom stereocenters. The molecule has 2 rings (SSSR count). The number of halogens is 3. The largest absolute Gasteiger partial charge is 0.418 e. The highest BCUT2D eigenvalue weighted by molar-refractivity contribution is 5.55. The highest BCUT2D eigenvalue weighted by atomic mass is 19.4. The van der Waals surface area contributed by atoms with Crippen LogP contribution in [0.4, 0.5) is 18.9 Å². The van der Waals surface area contributed by atoms with Gasteiger partial charge in [-0.3, -0.25) is 0 Å². The highest BCUT2D eigenvalue weighted by Crippen LogP contribution is 2.36. The van der Waals surface area contributed by atoms with Crippen LogP contribution in [0.25, 0.3) is 0 Å². The zero-order valence-corrected chi connectivity index (χ0v) is 9.96. The van der Waals surface area contributed by atoms with Crippen LogP contribution in [-0.4, -0.2) is 13.2 Å². The van der Waals surface area contributed by atoms with Crippen LogP contribution >= 0.6 is 0 Å². The Morgan fingerprint density at radius 2 is 2.11 bits per heavy atom. The number of hydrogen-bond donors (Lipinski definition) is 1. The van der Waals surface area contributed by atoms with Gasteiger partial charge in [0.2, 0.25) is 0 Å². The number of benzene rings is 1. The number of hydrogen-bond acceptors (Lipinski definition) is 2. The maximum atomic E-state index is 12.7. The fraction of sp³-hybridized carbons (Fsp3) is 0.538. The van der Waals surface area contributed by atoms with E-state index in [1.807, 2.05) is 0 Å². The van der Waals surface area contributed by atoms with Crippen molar-refractivity contribution in [2.45, 2.75) is 25.4 Å². The van der Waals surface area contributed by atoms with Gasteiger partial charge >= 0.3 is 6.18 Å². The zero-order chi connectivity index (χ0) is 13.2. The van der Waals surface area contributed by atoms with Gasteiger partial charge in [0.15, 0.2) is 0 Å². The fourth-order valence-electron chi connectivity index (χ4n) is 2.32. The molecule has 1 aliphatic rings. The van der Waals surface area contributed by atoms with E-state index in [9.17, 15) is 13.2 Å². The molecule has 1 aliphatic heterocycles. The van der Waals surface area contributed by atoms with Gasteiger partial charge < -0.3 is 10.5 Å². The molecular weight excluding hydrogens is 243 g/mol. The molecule has 0 amide bonds. The van der Waals surface area contributed by atoms with Gasteiger partial charge in [0.1, 0.15) is 0 Å². The van der Waals surface area contributed by atoms with Crippen LogP contribution in [0.15, 0.2) is 18.2 Å². The summed E-state index contributed by atoms with van der Waals surface area (Å²) < 4.78 is 43.4. The summed E-state index contributed by atoms with van der Waals surface area (Å²) >= 11 is 0. The third kappa shape index (κ3) is 2.96. The molecule has 0 bridgehead atoms.